The van der Waals surface area contributed by atoms with Gasteiger partial charge in [-0.05, 0) is 20.0 Å². The molecule has 0 amide bonds. The first kappa shape index (κ1) is 12.1. The van der Waals surface area contributed by atoms with Gasteiger partial charge in [0.25, 0.3) is 0 Å². The van der Waals surface area contributed by atoms with E-state index >= 15 is 0 Å². The van der Waals surface area contributed by atoms with Crippen molar-refractivity contribution in [1.29, 1.82) is 0 Å². The van der Waals surface area contributed by atoms with E-state index in [-0.39, 0.29) is 0 Å². The summed E-state index contributed by atoms with van der Waals surface area (Å²) in [6, 6.07) is 8.26. The second kappa shape index (κ2) is 4.63. The molecule has 2 heterocycles. The van der Waals surface area contributed by atoms with Crippen LogP contribution in [0.3, 0.4) is 0 Å². The number of aryl methyl sites for hydroxylation is 1. The van der Waals surface area contributed by atoms with Crippen molar-refractivity contribution in [2.45, 2.75) is 20.0 Å². The molecule has 3 rings (SSSR count). The Labute approximate surface area is 112 Å². The summed E-state index contributed by atoms with van der Waals surface area (Å²) in [6.07, 6.45) is 0.865. The molecule has 0 saturated carbocycles. The fraction of sp³-hybridized carbons (Fsp3) is 0.333. The van der Waals surface area contributed by atoms with Crippen LogP contribution in [0.2, 0.25) is 0 Å². The predicted molar refractivity (Wildman–Crippen MR) is 74.1 cm³/mol. The summed E-state index contributed by atoms with van der Waals surface area (Å²) in [6.45, 7) is 4.72. The normalized spacial score (nSPS) is 15.3. The van der Waals surface area contributed by atoms with Crippen molar-refractivity contribution in [3.8, 4) is 11.4 Å². The van der Waals surface area contributed by atoms with Crippen LogP contribution in [0.5, 0.6) is 0 Å². The summed E-state index contributed by atoms with van der Waals surface area (Å²) in [5.41, 5.74) is 3.89. The first-order chi connectivity index (χ1) is 9.19. The first-order valence-corrected chi connectivity index (χ1v) is 6.49. The number of likely N-dealkylation sites (N-methyl/N-ethyl adjacent to an activating group) is 1. The lowest BCUT2D eigenvalue weighted by molar-refractivity contribution is 0.111. The zero-order valence-electron chi connectivity index (χ0n) is 11.3. The highest BCUT2D eigenvalue weighted by Gasteiger charge is 2.22. The fourth-order valence-corrected chi connectivity index (χ4v) is 2.62. The topological polar surface area (TPSA) is 38.1 Å². The van der Waals surface area contributed by atoms with E-state index in [9.17, 15) is 4.79 Å². The highest BCUT2D eigenvalue weighted by atomic mass is 16.1. The number of carbonyl (C=O) groups excluding carboxylic acids is 1. The van der Waals surface area contributed by atoms with Crippen LogP contribution in [0, 0.1) is 6.92 Å². The SMILES string of the molecule is Cc1cccc(-c2nc(C=O)c3n2CCN(C)C3)c1. The second-order valence-electron chi connectivity index (χ2n) is 5.14. The Kier molecular flexibility index (Phi) is 2.95. The van der Waals surface area contributed by atoms with Gasteiger partial charge in [0.2, 0.25) is 0 Å². The molecule has 0 radical (unpaired) electrons. The summed E-state index contributed by atoms with van der Waals surface area (Å²) in [4.78, 5) is 17.9. The molecule has 0 aliphatic carbocycles. The van der Waals surface area contributed by atoms with Crippen molar-refractivity contribution in [2.24, 2.45) is 0 Å². The maximum Gasteiger partial charge on any atom is 0.170 e. The van der Waals surface area contributed by atoms with Crippen LogP contribution in [0.25, 0.3) is 11.4 Å². The van der Waals surface area contributed by atoms with Crippen molar-refractivity contribution in [2.75, 3.05) is 13.6 Å². The first-order valence-electron chi connectivity index (χ1n) is 6.49. The van der Waals surface area contributed by atoms with Crippen molar-refractivity contribution in [1.82, 2.24) is 14.5 Å². The number of aromatic nitrogens is 2. The molecule has 0 saturated heterocycles. The van der Waals surface area contributed by atoms with Crippen LogP contribution in [0.4, 0.5) is 0 Å². The van der Waals surface area contributed by atoms with Crippen LogP contribution in [0.1, 0.15) is 21.7 Å². The fourth-order valence-electron chi connectivity index (χ4n) is 2.62. The van der Waals surface area contributed by atoms with Crippen molar-refractivity contribution in [3.63, 3.8) is 0 Å². The average molecular weight is 255 g/mol. The molecule has 4 heteroatoms. The Bertz CT molecular complexity index is 630. The van der Waals surface area contributed by atoms with Gasteiger partial charge in [-0.25, -0.2) is 4.98 Å². The molecule has 19 heavy (non-hydrogen) atoms. The van der Waals surface area contributed by atoms with E-state index < -0.39 is 0 Å². The Morgan fingerprint density at radius 2 is 2.16 bits per heavy atom. The van der Waals surface area contributed by atoms with Crippen LogP contribution >= 0.6 is 0 Å². The molecule has 0 atom stereocenters. The Hall–Kier alpha value is -1.94. The number of aldehydes is 1. The van der Waals surface area contributed by atoms with Gasteiger partial charge in [0.15, 0.2) is 6.29 Å². The third-order valence-corrected chi connectivity index (χ3v) is 3.62. The molecule has 0 unspecified atom stereocenters. The third-order valence-electron chi connectivity index (χ3n) is 3.62. The van der Waals surface area contributed by atoms with Gasteiger partial charge < -0.3 is 4.57 Å². The highest BCUT2D eigenvalue weighted by Crippen LogP contribution is 2.25. The van der Waals surface area contributed by atoms with Crippen molar-refractivity contribution >= 4 is 6.29 Å². The number of imidazole rings is 1. The quantitative estimate of drug-likeness (QED) is 0.771. The summed E-state index contributed by atoms with van der Waals surface area (Å²) in [5.74, 6) is 0.911. The van der Waals surface area contributed by atoms with E-state index in [0.29, 0.717) is 5.69 Å². The lowest BCUT2D eigenvalue weighted by atomic mass is 10.1. The Balaban J connectivity index is 2.15. The minimum atomic E-state index is 0.572. The standard InChI is InChI=1S/C15H17N3O/c1-11-4-3-5-12(8-11)15-16-13(10-19)14-9-17(2)6-7-18(14)15/h3-5,8,10H,6-7,9H2,1-2H3. The largest absolute Gasteiger partial charge is 0.325 e. The number of hydrogen-bond acceptors (Lipinski definition) is 3. The van der Waals surface area contributed by atoms with E-state index in [1.165, 1.54) is 5.56 Å². The van der Waals surface area contributed by atoms with Gasteiger partial charge in [-0.2, -0.15) is 0 Å². The minimum absolute atomic E-state index is 0.572. The Morgan fingerprint density at radius 3 is 2.89 bits per heavy atom. The van der Waals surface area contributed by atoms with Crippen molar-refractivity contribution in [3.05, 3.63) is 41.2 Å². The summed E-state index contributed by atoms with van der Waals surface area (Å²) >= 11 is 0. The van der Waals surface area contributed by atoms with E-state index in [1.807, 2.05) is 6.07 Å². The zero-order chi connectivity index (χ0) is 13.4. The monoisotopic (exact) mass is 255 g/mol. The van der Waals surface area contributed by atoms with E-state index in [0.717, 1.165) is 43.0 Å². The van der Waals surface area contributed by atoms with Crippen LogP contribution in [-0.2, 0) is 13.1 Å². The number of fused-ring (bicyclic) bond motifs is 1. The molecular weight excluding hydrogens is 238 g/mol. The Morgan fingerprint density at radius 1 is 1.32 bits per heavy atom. The molecule has 1 aliphatic heterocycles. The maximum atomic E-state index is 11.2. The molecule has 2 aromatic rings. The summed E-state index contributed by atoms with van der Waals surface area (Å²) in [7, 11) is 2.07. The molecule has 1 aromatic carbocycles. The lowest BCUT2D eigenvalue weighted by Crippen LogP contribution is -2.30. The van der Waals surface area contributed by atoms with Crippen LogP contribution in [-0.4, -0.2) is 34.3 Å². The van der Waals surface area contributed by atoms with Gasteiger partial charge in [0.1, 0.15) is 11.5 Å². The zero-order valence-corrected chi connectivity index (χ0v) is 11.3. The van der Waals surface area contributed by atoms with E-state index in [2.05, 4.69) is 46.6 Å². The number of rotatable bonds is 2. The average Bonchev–Trinajstić information content (AvgIpc) is 2.76. The molecule has 98 valence electrons. The van der Waals surface area contributed by atoms with Crippen LogP contribution in [0.15, 0.2) is 24.3 Å². The van der Waals surface area contributed by atoms with Crippen LogP contribution < -0.4 is 0 Å². The smallest absolute Gasteiger partial charge is 0.170 e. The summed E-state index contributed by atoms with van der Waals surface area (Å²) in [5, 5.41) is 0. The molecule has 0 fully saturated rings. The van der Waals surface area contributed by atoms with Crippen molar-refractivity contribution < 1.29 is 4.79 Å². The molecule has 1 aliphatic rings. The van der Waals surface area contributed by atoms with E-state index in [4.69, 9.17) is 0 Å². The number of nitrogens with zero attached hydrogens (tertiary/aromatic N) is 3. The molecule has 0 spiro atoms. The minimum Gasteiger partial charge on any atom is -0.325 e. The van der Waals surface area contributed by atoms with Gasteiger partial charge in [0.05, 0.1) is 5.69 Å². The molecule has 1 aromatic heterocycles. The molecule has 0 N–H and O–H groups in total. The molecular formula is C15H17N3O. The highest BCUT2D eigenvalue weighted by molar-refractivity contribution is 5.76. The second-order valence-corrected chi connectivity index (χ2v) is 5.14. The van der Waals surface area contributed by atoms with Gasteiger partial charge in [0, 0.05) is 25.2 Å². The van der Waals surface area contributed by atoms with Gasteiger partial charge in [-0.1, -0.05) is 23.8 Å². The maximum absolute atomic E-state index is 11.2. The molecule has 4 nitrogen and oxygen atoms in total. The summed E-state index contributed by atoms with van der Waals surface area (Å²) < 4.78 is 2.18. The van der Waals surface area contributed by atoms with Gasteiger partial charge in [-0.15, -0.1) is 0 Å². The van der Waals surface area contributed by atoms with Gasteiger partial charge >= 0.3 is 0 Å². The predicted octanol–water partition coefficient (Wildman–Crippen LogP) is 2.12. The lowest BCUT2D eigenvalue weighted by Gasteiger charge is -2.25. The number of hydrogen-bond donors (Lipinski definition) is 0. The number of benzene rings is 1. The molecule has 0 bridgehead atoms. The van der Waals surface area contributed by atoms with Gasteiger partial charge in [-0.3, -0.25) is 9.69 Å². The van der Waals surface area contributed by atoms with E-state index in [1.54, 1.807) is 0 Å². The third kappa shape index (κ3) is 2.08. The number of carbonyl (C=O) groups is 1.